The van der Waals surface area contributed by atoms with Crippen LogP contribution < -0.4 is 0 Å². The lowest BCUT2D eigenvalue weighted by Crippen LogP contribution is -2.48. The van der Waals surface area contributed by atoms with E-state index in [-0.39, 0.29) is 0 Å². The van der Waals surface area contributed by atoms with Gasteiger partial charge >= 0.3 is 0 Å². The first-order valence-electron chi connectivity index (χ1n) is 7.42. The Morgan fingerprint density at radius 3 is 1.44 bits per heavy atom. The van der Waals surface area contributed by atoms with Crippen LogP contribution in [0.25, 0.3) is 0 Å². The first-order chi connectivity index (χ1) is 7.70. The van der Waals surface area contributed by atoms with Crippen LogP contribution in [0.1, 0.15) is 65.2 Å². The Morgan fingerprint density at radius 2 is 1.06 bits per heavy atom. The van der Waals surface area contributed by atoms with E-state index < -0.39 is 0 Å². The highest BCUT2D eigenvalue weighted by Crippen LogP contribution is 2.34. The van der Waals surface area contributed by atoms with E-state index in [1.54, 1.807) is 0 Å². The van der Waals surface area contributed by atoms with Gasteiger partial charge in [0.1, 0.15) is 0 Å². The van der Waals surface area contributed by atoms with Gasteiger partial charge in [0, 0.05) is 12.1 Å². The van der Waals surface area contributed by atoms with Gasteiger partial charge in [-0.05, 0) is 44.6 Å². The summed E-state index contributed by atoms with van der Waals surface area (Å²) in [5.74, 6) is 1.85. The van der Waals surface area contributed by atoms with Gasteiger partial charge in [-0.15, -0.1) is 0 Å². The number of hydrogen-bond acceptors (Lipinski definition) is 1. The van der Waals surface area contributed by atoms with Crippen molar-refractivity contribution in [3.8, 4) is 0 Å². The third-order valence-electron chi connectivity index (χ3n) is 5.18. The molecule has 4 atom stereocenters. The fraction of sp³-hybridized carbons (Fsp3) is 1.00. The van der Waals surface area contributed by atoms with Crippen LogP contribution in [0, 0.1) is 11.8 Å². The monoisotopic (exact) mass is 223 g/mol. The Balaban J connectivity index is 1.96. The second-order valence-corrected chi connectivity index (χ2v) is 6.32. The average Bonchev–Trinajstić information content (AvgIpc) is 2.29. The summed E-state index contributed by atoms with van der Waals surface area (Å²) in [5, 5.41) is 0. The molecule has 16 heavy (non-hydrogen) atoms. The second-order valence-electron chi connectivity index (χ2n) is 6.32. The Bertz CT molecular complexity index is 191. The van der Waals surface area contributed by atoms with Gasteiger partial charge in [0.2, 0.25) is 0 Å². The van der Waals surface area contributed by atoms with E-state index in [2.05, 4.69) is 25.8 Å². The van der Waals surface area contributed by atoms with Crippen LogP contribution in [-0.2, 0) is 0 Å². The van der Waals surface area contributed by atoms with E-state index in [0.717, 1.165) is 23.9 Å². The molecule has 0 spiro atoms. The molecule has 2 saturated carbocycles. The topological polar surface area (TPSA) is 3.24 Å². The van der Waals surface area contributed by atoms with E-state index >= 15 is 0 Å². The van der Waals surface area contributed by atoms with Crippen molar-refractivity contribution in [1.29, 1.82) is 0 Å². The summed E-state index contributed by atoms with van der Waals surface area (Å²) in [7, 11) is 2.40. The highest BCUT2D eigenvalue weighted by molar-refractivity contribution is 4.87. The number of nitrogens with zero attached hydrogens (tertiary/aromatic N) is 1. The van der Waals surface area contributed by atoms with Crippen molar-refractivity contribution in [2.45, 2.75) is 77.3 Å². The van der Waals surface area contributed by atoms with Crippen molar-refractivity contribution in [3.05, 3.63) is 0 Å². The largest absolute Gasteiger partial charge is 0.300 e. The molecular formula is C15H29N. The van der Waals surface area contributed by atoms with Crippen LogP contribution >= 0.6 is 0 Å². The molecule has 94 valence electrons. The van der Waals surface area contributed by atoms with Crippen molar-refractivity contribution in [3.63, 3.8) is 0 Å². The highest BCUT2D eigenvalue weighted by atomic mass is 15.2. The minimum Gasteiger partial charge on any atom is -0.300 e. The van der Waals surface area contributed by atoms with Crippen LogP contribution in [0.4, 0.5) is 0 Å². The Labute approximate surface area is 102 Å². The Hall–Kier alpha value is -0.0400. The van der Waals surface area contributed by atoms with Crippen LogP contribution in [0.3, 0.4) is 0 Å². The molecule has 0 saturated heterocycles. The van der Waals surface area contributed by atoms with Gasteiger partial charge in [0.15, 0.2) is 0 Å². The molecule has 1 nitrogen and oxygen atoms in total. The summed E-state index contributed by atoms with van der Waals surface area (Å²) in [6.07, 6.45) is 11.6. The van der Waals surface area contributed by atoms with E-state index in [1.807, 2.05) is 0 Å². The summed E-state index contributed by atoms with van der Waals surface area (Å²) >= 11 is 0. The highest BCUT2D eigenvalue weighted by Gasteiger charge is 2.32. The van der Waals surface area contributed by atoms with Gasteiger partial charge in [-0.2, -0.15) is 0 Å². The number of rotatable bonds is 2. The zero-order valence-electron chi connectivity index (χ0n) is 11.4. The maximum Gasteiger partial charge on any atom is 0.0121 e. The molecule has 0 aromatic carbocycles. The van der Waals surface area contributed by atoms with Crippen molar-refractivity contribution in [2.24, 2.45) is 11.8 Å². The quantitative estimate of drug-likeness (QED) is 0.682. The average molecular weight is 223 g/mol. The lowest BCUT2D eigenvalue weighted by Gasteiger charge is -2.44. The van der Waals surface area contributed by atoms with Gasteiger partial charge in [-0.25, -0.2) is 0 Å². The molecule has 0 aromatic heterocycles. The third-order valence-corrected chi connectivity index (χ3v) is 5.18. The molecule has 1 heteroatoms. The van der Waals surface area contributed by atoms with Gasteiger partial charge in [0.25, 0.3) is 0 Å². The van der Waals surface area contributed by atoms with Crippen LogP contribution in [-0.4, -0.2) is 24.0 Å². The van der Waals surface area contributed by atoms with Gasteiger partial charge in [-0.1, -0.05) is 39.5 Å². The first kappa shape index (κ1) is 12.4. The predicted molar refractivity (Wildman–Crippen MR) is 70.6 cm³/mol. The zero-order valence-corrected chi connectivity index (χ0v) is 11.4. The van der Waals surface area contributed by atoms with Gasteiger partial charge < -0.3 is 0 Å². The number of hydrogen-bond donors (Lipinski definition) is 0. The maximum atomic E-state index is 2.76. The van der Waals surface area contributed by atoms with E-state index in [9.17, 15) is 0 Å². The first-order valence-corrected chi connectivity index (χ1v) is 7.42. The van der Waals surface area contributed by atoms with E-state index in [0.29, 0.717) is 0 Å². The molecule has 0 radical (unpaired) electrons. The Morgan fingerprint density at radius 1 is 0.688 bits per heavy atom. The van der Waals surface area contributed by atoms with Crippen molar-refractivity contribution in [2.75, 3.05) is 7.05 Å². The van der Waals surface area contributed by atoms with Crippen LogP contribution in [0.5, 0.6) is 0 Å². The fourth-order valence-electron chi connectivity index (χ4n) is 4.05. The van der Waals surface area contributed by atoms with Crippen molar-refractivity contribution >= 4 is 0 Å². The standard InChI is InChI=1S/C15H29N/c1-12-8-4-6-10-14(12)16(3)15-11-7-5-9-13(15)2/h12-15H,4-11H2,1-3H3. The molecule has 4 unspecified atom stereocenters. The molecule has 0 bridgehead atoms. The van der Waals surface area contributed by atoms with Crippen molar-refractivity contribution < 1.29 is 0 Å². The van der Waals surface area contributed by atoms with E-state index in [1.165, 1.54) is 51.4 Å². The second kappa shape index (κ2) is 5.53. The molecule has 2 rings (SSSR count). The minimum atomic E-state index is 0.874. The molecule has 2 aliphatic carbocycles. The van der Waals surface area contributed by atoms with Crippen LogP contribution in [0.2, 0.25) is 0 Å². The molecule has 0 heterocycles. The molecular weight excluding hydrogens is 194 g/mol. The SMILES string of the molecule is CC1CCCCC1N(C)C1CCCCC1C. The summed E-state index contributed by atoms with van der Waals surface area (Å²) in [6, 6.07) is 1.75. The third kappa shape index (κ3) is 2.61. The zero-order chi connectivity index (χ0) is 11.5. The van der Waals surface area contributed by atoms with Gasteiger partial charge in [0.05, 0.1) is 0 Å². The summed E-state index contributed by atoms with van der Waals surface area (Å²) in [4.78, 5) is 2.76. The van der Waals surface area contributed by atoms with Crippen molar-refractivity contribution in [1.82, 2.24) is 4.90 Å². The molecule has 0 aliphatic heterocycles. The molecule has 2 fully saturated rings. The lowest BCUT2D eigenvalue weighted by molar-refractivity contribution is 0.0511. The van der Waals surface area contributed by atoms with Crippen LogP contribution in [0.15, 0.2) is 0 Å². The molecule has 2 aliphatic rings. The smallest absolute Gasteiger partial charge is 0.0121 e. The minimum absolute atomic E-state index is 0.874. The normalized spacial score (nSPS) is 41.2. The fourth-order valence-corrected chi connectivity index (χ4v) is 4.05. The molecule has 0 N–H and O–H groups in total. The summed E-state index contributed by atoms with van der Waals surface area (Å²) in [5.41, 5.74) is 0. The Kier molecular flexibility index (Phi) is 4.29. The lowest BCUT2D eigenvalue weighted by atomic mass is 9.80. The summed E-state index contributed by atoms with van der Waals surface area (Å²) < 4.78 is 0. The maximum absolute atomic E-state index is 2.76. The molecule has 0 aromatic rings. The predicted octanol–water partition coefficient (Wildman–Crippen LogP) is 4.08. The molecule has 0 amide bonds. The van der Waals surface area contributed by atoms with Gasteiger partial charge in [-0.3, -0.25) is 4.90 Å². The van der Waals surface area contributed by atoms with E-state index in [4.69, 9.17) is 0 Å². The summed E-state index contributed by atoms with van der Waals surface area (Å²) in [6.45, 7) is 4.93.